The highest BCUT2D eigenvalue weighted by Gasteiger charge is 2.31. The Kier molecular flexibility index (Phi) is 7.30. The summed E-state index contributed by atoms with van der Waals surface area (Å²) in [6.07, 6.45) is -1.26. The van der Waals surface area contributed by atoms with Gasteiger partial charge in [-0.05, 0) is 24.1 Å². The van der Waals surface area contributed by atoms with Crippen LogP contribution in [0.15, 0.2) is 42.6 Å². The van der Waals surface area contributed by atoms with Crippen molar-refractivity contribution in [1.82, 2.24) is 9.88 Å². The number of anilines is 1. The summed E-state index contributed by atoms with van der Waals surface area (Å²) >= 11 is 0. The average molecular weight is 433 g/mol. The number of rotatable bonds is 7. The molecule has 2 aromatic rings. The van der Waals surface area contributed by atoms with E-state index < -0.39 is 11.7 Å². The molecule has 1 aromatic carbocycles. The second-order valence-corrected chi connectivity index (χ2v) is 7.64. The van der Waals surface area contributed by atoms with Crippen LogP contribution in [-0.2, 0) is 17.4 Å². The second kappa shape index (κ2) is 9.94. The number of aromatic nitrogens is 1. The van der Waals surface area contributed by atoms with Gasteiger partial charge in [0.15, 0.2) is 5.78 Å². The minimum absolute atomic E-state index is 0.0519. The molecule has 0 bridgehead atoms. The van der Waals surface area contributed by atoms with Gasteiger partial charge in [0.1, 0.15) is 5.82 Å². The molecule has 5 nitrogen and oxygen atoms in total. The average Bonchev–Trinajstić information content (AvgIpc) is 2.77. The lowest BCUT2D eigenvalue weighted by Gasteiger charge is -2.35. The number of aryl methyl sites for hydroxylation is 1. The van der Waals surface area contributed by atoms with Gasteiger partial charge in [-0.1, -0.05) is 37.6 Å². The maximum Gasteiger partial charge on any atom is 0.417 e. The van der Waals surface area contributed by atoms with E-state index >= 15 is 0 Å². The van der Waals surface area contributed by atoms with E-state index in [0.717, 1.165) is 25.1 Å². The highest BCUT2D eigenvalue weighted by atomic mass is 19.4. The number of alkyl halides is 3. The first-order valence-corrected chi connectivity index (χ1v) is 10.5. The fraction of sp³-hybridized carbons (Fsp3) is 0.435. The molecule has 1 aliphatic heterocycles. The number of hydrogen-bond acceptors (Lipinski definition) is 4. The van der Waals surface area contributed by atoms with Gasteiger partial charge in [-0.3, -0.25) is 9.59 Å². The zero-order valence-electron chi connectivity index (χ0n) is 17.5. The Balaban J connectivity index is 1.46. The van der Waals surface area contributed by atoms with E-state index in [2.05, 4.69) is 11.9 Å². The smallest absolute Gasteiger partial charge is 0.353 e. The number of nitrogens with zero attached hydrogens (tertiary/aromatic N) is 3. The standard InChI is InChI=1S/C23H26F3N3O2/c1-2-3-17-4-6-18(7-5-17)20(30)9-11-22(31)29-14-12-28(13-15-29)21-10-8-19(16-27-21)23(24,25)26/h4-8,10,16H,2-3,9,11-15H2,1H3. The highest BCUT2D eigenvalue weighted by molar-refractivity contribution is 5.98. The van der Waals surface area contributed by atoms with Crippen LogP contribution in [-0.4, -0.2) is 47.8 Å². The summed E-state index contributed by atoms with van der Waals surface area (Å²) in [5, 5.41) is 0. The minimum Gasteiger partial charge on any atom is -0.353 e. The molecule has 0 aliphatic carbocycles. The summed E-state index contributed by atoms with van der Waals surface area (Å²) in [6, 6.07) is 9.90. The molecule has 1 aliphatic rings. The lowest BCUT2D eigenvalue weighted by Crippen LogP contribution is -2.49. The first-order valence-electron chi connectivity index (χ1n) is 10.5. The lowest BCUT2D eigenvalue weighted by molar-refractivity contribution is -0.137. The molecule has 1 aromatic heterocycles. The predicted octanol–water partition coefficient (Wildman–Crippen LogP) is 4.36. The van der Waals surface area contributed by atoms with Gasteiger partial charge in [0.2, 0.25) is 5.91 Å². The number of halogens is 3. The fourth-order valence-electron chi connectivity index (χ4n) is 3.59. The number of amides is 1. The third kappa shape index (κ3) is 6.06. The van der Waals surface area contributed by atoms with Crippen molar-refractivity contribution in [2.24, 2.45) is 0 Å². The van der Waals surface area contributed by atoms with Gasteiger partial charge in [-0.2, -0.15) is 13.2 Å². The molecule has 0 spiro atoms. The highest BCUT2D eigenvalue weighted by Crippen LogP contribution is 2.29. The third-order valence-electron chi connectivity index (χ3n) is 5.41. The molecule has 1 amide bonds. The number of ketones is 1. The zero-order valence-corrected chi connectivity index (χ0v) is 17.5. The zero-order chi connectivity index (χ0) is 22.4. The molecule has 1 saturated heterocycles. The van der Waals surface area contributed by atoms with Crippen LogP contribution < -0.4 is 4.90 Å². The van der Waals surface area contributed by atoms with Crippen molar-refractivity contribution in [3.8, 4) is 0 Å². The summed E-state index contributed by atoms with van der Waals surface area (Å²) in [5.74, 6) is 0.321. The van der Waals surface area contributed by atoms with E-state index in [0.29, 0.717) is 37.6 Å². The molecule has 0 atom stereocenters. The van der Waals surface area contributed by atoms with E-state index in [1.165, 1.54) is 11.6 Å². The van der Waals surface area contributed by atoms with E-state index in [4.69, 9.17) is 0 Å². The molecular formula is C23H26F3N3O2. The number of carbonyl (C=O) groups is 2. The first kappa shape index (κ1) is 22.8. The van der Waals surface area contributed by atoms with E-state index in [1.807, 2.05) is 29.2 Å². The van der Waals surface area contributed by atoms with Gasteiger partial charge in [0.25, 0.3) is 0 Å². The fourth-order valence-corrected chi connectivity index (χ4v) is 3.59. The normalized spacial score (nSPS) is 14.6. The van der Waals surface area contributed by atoms with Gasteiger partial charge in [0.05, 0.1) is 5.56 Å². The van der Waals surface area contributed by atoms with Gasteiger partial charge in [0, 0.05) is 50.8 Å². The summed E-state index contributed by atoms with van der Waals surface area (Å²) in [6.45, 7) is 3.96. The maximum atomic E-state index is 12.7. The Morgan fingerprint density at radius 2 is 1.65 bits per heavy atom. The number of hydrogen-bond donors (Lipinski definition) is 0. The van der Waals surface area contributed by atoms with Crippen LogP contribution in [0.1, 0.15) is 47.7 Å². The molecule has 1 fully saturated rings. The maximum absolute atomic E-state index is 12.7. The van der Waals surface area contributed by atoms with Gasteiger partial charge < -0.3 is 9.80 Å². The molecule has 0 radical (unpaired) electrons. The Hall–Kier alpha value is -2.90. The van der Waals surface area contributed by atoms with E-state index in [1.54, 1.807) is 4.90 Å². The van der Waals surface area contributed by atoms with Crippen molar-refractivity contribution in [3.05, 3.63) is 59.3 Å². The van der Waals surface area contributed by atoms with Crippen molar-refractivity contribution < 1.29 is 22.8 Å². The molecule has 2 heterocycles. The molecule has 0 saturated carbocycles. The van der Waals surface area contributed by atoms with Crippen LogP contribution >= 0.6 is 0 Å². The van der Waals surface area contributed by atoms with Crippen molar-refractivity contribution in [2.45, 2.75) is 38.8 Å². The number of pyridine rings is 1. The van der Waals surface area contributed by atoms with Crippen molar-refractivity contribution in [2.75, 3.05) is 31.1 Å². The topological polar surface area (TPSA) is 53.5 Å². The van der Waals surface area contributed by atoms with Crippen molar-refractivity contribution >= 4 is 17.5 Å². The molecule has 8 heteroatoms. The van der Waals surface area contributed by atoms with Crippen LogP contribution in [0.2, 0.25) is 0 Å². The monoisotopic (exact) mass is 433 g/mol. The van der Waals surface area contributed by atoms with Gasteiger partial charge in [-0.15, -0.1) is 0 Å². The largest absolute Gasteiger partial charge is 0.417 e. The van der Waals surface area contributed by atoms with Crippen LogP contribution in [0.5, 0.6) is 0 Å². The summed E-state index contributed by atoms with van der Waals surface area (Å²) in [5.41, 5.74) is 1.02. The van der Waals surface area contributed by atoms with Gasteiger partial charge >= 0.3 is 6.18 Å². The van der Waals surface area contributed by atoms with Crippen LogP contribution in [0.3, 0.4) is 0 Å². The quantitative estimate of drug-likeness (QED) is 0.609. The molecule has 0 N–H and O–H groups in total. The van der Waals surface area contributed by atoms with Gasteiger partial charge in [-0.25, -0.2) is 4.98 Å². The molecular weight excluding hydrogens is 407 g/mol. The number of carbonyl (C=O) groups excluding carboxylic acids is 2. The summed E-state index contributed by atoms with van der Waals surface area (Å²) < 4.78 is 38.0. The third-order valence-corrected chi connectivity index (χ3v) is 5.41. The van der Waals surface area contributed by atoms with Crippen molar-refractivity contribution in [3.63, 3.8) is 0 Å². The second-order valence-electron chi connectivity index (χ2n) is 7.64. The Bertz CT molecular complexity index is 888. The number of benzene rings is 1. The van der Waals surface area contributed by atoms with Crippen molar-refractivity contribution in [1.29, 1.82) is 0 Å². The van der Waals surface area contributed by atoms with Crippen LogP contribution in [0.4, 0.5) is 19.0 Å². The van der Waals surface area contributed by atoms with E-state index in [-0.39, 0.29) is 24.5 Å². The molecule has 31 heavy (non-hydrogen) atoms. The Morgan fingerprint density at radius 3 is 2.19 bits per heavy atom. The first-order chi connectivity index (χ1) is 14.8. The van der Waals surface area contributed by atoms with E-state index in [9.17, 15) is 22.8 Å². The number of piperazine rings is 1. The molecule has 166 valence electrons. The lowest BCUT2D eigenvalue weighted by atomic mass is 10.0. The Morgan fingerprint density at radius 1 is 0.968 bits per heavy atom. The Labute approximate surface area is 179 Å². The molecule has 0 unspecified atom stereocenters. The number of Topliss-reactive ketones (excluding diaryl/α,β-unsaturated/α-hetero) is 1. The predicted molar refractivity (Wildman–Crippen MR) is 112 cm³/mol. The minimum atomic E-state index is -4.41. The van der Waals surface area contributed by atoms with Crippen LogP contribution in [0.25, 0.3) is 0 Å². The van der Waals surface area contributed by atoms with Crippen LogP contribution in [0, 0.1) is 0 Å². The summed E-state index contributed by atoms with van der Waals surface area (Å²) in [7, 11) is 0. The summed E-state index contributed by atoms with van der Waals surface area (Å²) in [4.78, 5) is 32.3. The SMILES string of the molecule is CCCc1ccc(C(=O)CCC(=O)N2CCN(c3ccc(C(F)(F)F)cn3)CC2)cc1. The molecule has 3 rings (SSSR count).